The van der Waals surface area contributed by atoms with Gasteiger partial charge in [-0.3, -0.25) is 9.59 Å². The summed E-state index contributed by atoms with van der Waals surface area (Å²) >= 11 is 6.18. The summed E-state index contributed by atoms with van der Waals surface area (Å²) in [5.41, 5.74) is 1.48. The summed E-state index contributed by atoms with van der Waals surface area (Å²) in [7, 11) is 1.58. The van der Waals surface area contributed by atoms with Gasteiger partial charge in [-0.05, 0) is 41.8 Å². The highest BCUT2D eigenvalue weighted by Gasteiger charge is 2.31. The summed E-state index contributed by atoms with van der Waals surface area (Å²) in [6.07, 6.45) is 0.412. The van der Waals surface area contributed by atoms with E-state index in [9.17, 15) is 9.59 Å². The molecule has 3 aromatic rings. The van der Waals surface area contributed by atoms with Crippen molar-refractivity contribution in [1.82, 2.24) is 10.2 Å². The standard InChI is InChI=1S/C27H29ClN2O5/c1-34-22-14-12-20(13-15-22)18-30(25(32)19-35-24-11-6-5-10-23(24)28)26(21-8-3-2-4-9-21)27(33)29-16-7-17-31/h2-6,8-15,26,31H,7,16-19H2,1H3,(H,29,33)/t26-/m0/s1. The molecule has 35 heavy (non-hydrogen) atoms. The molecule has 7 nitrogen and oxygen atoms in total. The van der Waals surface area contributed by atoms with Gasteiger partial charge in [0.25, 0.3) is 5.91 Å². The normalized spacial score (nSPS) is 11.4. The van der Waals surface area contributed by atoms with Crippen LogP contribution in [0.25, 0.3) is 0 Å². The molecule has 2 amide bonds. The molecule has 0 saturated heterocycles. The third kappa shape index (κ3) is 7.47. The number of para-hydroxylation sites is 1. The number of methoxy groups -OCH3 is 1. The Morgan fingerprint density at radius 3 is 2.34 bits per heavy atom. The Hall–Kier alpha value is -3.55. The Morgan fingerprint density at radius 2 is 1.69 bits per heavy atom. The van der Waals surface area contributed by atoms with Gasteiger partial charge in [0.15, 0.2) is 6.61 Å². The summed E-state index contributed by atoms with van der Waals surface area (Å²) in [5.74, 6) is 0.349. The van der Waals surface area contributed by atoms with Crippen molar-refractivity contribution < 1.29 is 24.2 Å². The second-order valence-electron chi connectivity index (χ2n) is 7.77. The molecule has 0 spiro atoms. The number of aliphatic hydroxyl groups is 1. The summed E-state index contributed by atoms with van der Waals surface area (Å²) in [5, 5.41) is 12.3. The van der Waals surface area contributed by atoms with Crippen molar-refractivity contribution in [2.45, 2.75) is 19.0 Å². The van der Waals surface area contributed by atoms with Crippen LogP contribution in [0.4, 0.5) is 0 Å². The molecule has 0 fully saturated rings. The highest BCUT2D eigenvalue weighted by Crippen LogP contribution is 2.26. The Morgan fingerprint density at radius 1 is 1.00 bits per heavy atom. The molecule has 0 saturated carbocycles. The van der Waals surface area contributed by atoms with Gasteiger partial charge in [-0.1, -0.05) is 66.2 Å². The number of carbonyl (C=O) groups is 2. The molecular formula is C27H29ClN2O5. The van der Waals surface area contributed by atoms with Crippen LogP contribution in [0, 0.1) is 0 Å². The molecule has 0 aliphatic carbocycles. The van der Waals surface area contributed by atoms with Crippen molar-refractivity contribution >= 4 is 23.4 Å². The molecule has 3 rings (SSSR count). The first kappa shape index (κ1) is 26.1. The Labute approximate surface area is 210 Å². The van der Waals surface area contributed by atoms with Crippen molar-refractivity contribution in [2.24, 2.45) is 0 Å². The van der Waals surface area contributed by atoms with E-state index < -0.39 is 6.04 Å². The zero-order chi connectivity index (χ0) is 25.0. The minimum absolute atomic E-state index is 0.0452. The lowest BCUT2D eigenvalue weighted by atomic mass is 10.0. The number of hydrogen-bond donors (Lipinski definition) is 2. The number of nitrogens with one attached hydrogen (secondary N) is 1. The van der Waals surface area contributed by atoms with Crippen LogP contribution < -0.4 is 14.8 Å². The summed E-state index contributed by atoms with van der Waals surface area (Å²) in [6.45, 7) is 0.116. The van der Waals surface area contributed by atoms with Gasteiger partial charge in [-0.2, -0.15) is 0 Å². The number of nitrogens with zero attached hydrogens (tertiary/aromatic N) is 1. The maximum Gasteiger partial charge on any atom is 0.261 e. The third-order valence-electron chi connectivity index (χ3n) is 5.33. The zero-order valence-corrected chi connectivity index (χ0v) is 20.3. The number of rotatable bonds is 12. The molecular weight excluding hydrogens is 468 g/mol. The van der Waals surface area contributed by atoms with E-state index in [1.54, 1.807) is 55.6 Å². The molecule has 0 bridgehead atoms. The van der Waals surface area contributed by atoms with Crippen molar-refractivity contribution in [3.63, 3.8) is 0 Å². The van der Waals surface area contributed by atoms with E-state index in [-0.39, 0.29) is 31.6 Å². The van der Waals surface area contributed by atoms with Crippen molar-refractivity contribution in [3.8, 4) is 11.5 Å². The minimum Gasteiger partial charge on any atom is -0.497 e. The fraction of sp³-hybridized carbons (Fsp3) is 0.259. The van der Waals surface area contributed by atoms with Gasteiger partial charge >= 0.3 is 0 Å². The molecule has 0 aromatic heterocycles. The fourth-order valence-corrected chi connectivity index (χ4v) is 3.72. The van der Waals surface area contributed by atoms with Crippen molar-refractivity contribution in [2.75, 3.05) is 26.9 Å². The van der Waals surface area contributed by atoms with Gasteiger partial charge in [0.2, 0.25) is 5.91 Å². The van der Waals surface area contributed by atoms with E-state index >= 15 is 0 Å². The van der Waals surface area contributed by atoms with Crippen LogP contribution in [0.3, 0.4) is 0 Å². The monoisotopic (exact) mass is 496 g/mol. The molecule has 3 aromatic carbocycles. The Bertz CT molecular complexity index is 1090. The van der Waals surface area contributed by atoms with Crippen molar-refractivity contribution in [3.05, 3.63) is 95.0 Å². The van der Waals surface area contributed by atoms with Crippen LogP contribution in [-0.4, -0.2) is 48.7 Å². The van der Waals surface area contributed by atoms with E-state index in [1.807, 2.05) is 30.3 Å². The minimum atomic E-state index is -0.903. The Kier molecular flexibility index (Phi) is 9.95. The molecule has 0 aliphatic rings. The number of carbonyl (C=O) groups excluding carboxylic acids is 2. The van der Waals surface area contributed by atoms with E-state index in [0.29, 0.717) is 35.1 Å². The first-order chi connectivity index (χ1) is 17.0. The van der Waals surface area contributed by atoms with Gasteiger partial charge in [0.05, 0.1) is 12.1 Å². The van der Waals surface area contributed by atoms with Gasteiger partial charge in [0.1, 0.15) is 17.5 Å². The number of ether oxygens (including phenoxy) is 2. The van der Waals surface area contributed by atoms with Crippen molar-refractivity contribution in [1.29, 1.82) is 0 Å². The van der Waals surface area contributed by atoms with Crippen LogP contribution >= 0.6 is 11.6 Å². The highest BCUT2D eigenvalue weighted by atomic mass is 35.5. The molecule has 0 heterocycles. The number of benzene rings is 3. The quantitative estimate of drug-likeness (QED) is 0.370. The summed E-state index contributed by atoms with van der Waals surface area (Å²) < 4.78 is 10.9. The summed E-state index contributed by atoms with van der Waals surface area (Å²) in [6, 6.07) is 22.4. The highest BCUT2D eigenvalue weighted by molar-refractivity contribution is 6.32. The van der Waals surface area contributed by atoms with E-state index in [1.165, 1.54) is 4.90 Å². The maximum atomic E-state index is 13.5. The average molecular weight is 497 g/mol. The molecule has 1 atom stereocenters. The number of amides is 2. The predicted octanol–water partition coefficient (Wildman–Crippen LogP) is 4.00. The maximum absolute atomic E-state index is 13.5. The fourth-order valence-electron chi connectivity index (χ4n) is 3.53. The topological polar surface area (TPSA) is 88.1 Å². The molecule has 0 radical (unpaired) electrons. The lowest BCUT2D eigenvalue weighted by Crippen LogP contribution is -2.45. The second kappa shape index (κ2) is 13.4. The third-order valence-corrected chi connectivity index (χ3v) is 5.64. The smallest absolute Gasteiger partial charge is 0.261 e. The second-order valence-corrected chi connectivity index (χ2v) is 8.18. The zero-order valence-electron chi connectivity index (χ0n) is 19.5. The summed E-state index contributed by atoms with van der Waals surface area (Å²) in [4.78, 5) is 28.3. The first-order valence-electron chi connectivity index (χ1n) is 11.3. The number of hydrogen-bond acceptors (Lipinski definition) is 5. The Balaban J connectivity index is 1.92. The predicted molar refractivity (Wildman–Crippen MR) is 134 cm³/mol. The number of halogens is 1. The molecule has 2 N–H and O–H groups in total. The van der Waals surface area contributed by atoms with Crippen LogP contribution in [0.15, 0.2) is 78.9 Å². The van der Waals surface area contributed by atoms with Crippen LogP contribution in [0.2, 0.25) is 5.02 Å². The van der Waals surface area contributed by atoms with Gasteiger partial charge in [-0.15, -0.1) is 0 Å². The van der Waals surface area contributed by atoms with Crippen LogP contribution in [-0.2, 0) is 16.1 Å². The van der Waals surface area contributed by atoms with Gasteiger partial charge in [-0.25, -0.2) is 0 Å². The molecule has 184 valence electrons. The van der Waals surface area contributed by atoms with E-state index in [0.717, 1.165) is 5.56 Å². The van der Waals surface area contributed by atoms with Gasteiger partial charge in [0, 0.05) is 19.7 Å². The largest absolute Gasteiger partial charge is 0.497 e. The lowest BCUT2D eigenvalue weighted by Gasteiger charge is -2.31. The van der Waals surface area contributed by atoms with E-state index in [4.69, 9.17) is 26.2 Å². The molecule has 0 aliphatic heterocycles. The molecule has 8 heteroatoms. The lowest BCUT2D eigenvalue weighted by molar-refractivity contribution is -0.143. The van der Waals surface area contributed by atoms with Gasteiger partial charge < -0.3 is 24.8 Å². The average Bonchev–Trinajstić information content (AvgIpc) is 2.89. The van der Waals surface area contributed by atoms with Crippen LogP contribution in [0.1, 0.15) is 23.6 Å². The number of aliphatic hydroxyl groups excluding tert-OH is 1. The van der Waals surface area contributed by atoms with Crippen LogP contribution in [0.5, 0.6) is 11.5 Å². The van der Waals surface area contributed by atoms with E-state index in [2.05, 4.69) is 5.32 Å². The SMILES string of the molecule is COc1ccc(CN(C(=O)COc2ccccc2Cl)[C@H](C(=O)NCCCO)c2ccccc2)cc1. The first-order valence-corrected chi connectivity index (χ1v) is 11.6. The molecule has 0 unspecified atom stereocenters.